The van der Waals surface area contributed by atoms with Gasteiger partial charge in [-0.15, -0.1) is 11.6 Å². The minimum absolute atomic E-state index is 0.187. The van der Waals surface area contributed by atoms with E-state index in [2.05, 4.69) is 0 Å². The van der Waals surface area contributed by atoms with E-state index in [1.54, 1.807) is 0 Å². The van der Waals surface area contributed by atoms with Gasteiger partial charge in [0.2, 0.25) is 6.04 Å². The lowest BCUT2D eigenvalue weighted by Gasteiger charge is -2.14. The Morgan fingerprint density at radius 2 is 2.12 bits per heavy atom. The van der Waals surface area contributed by atoms with Gasteiger partial charge in [0.1, 0.15) is 0 Å². The van der Waals surface area contributed by atoms with Crippen LogP contribution in [0.5, 0.6) is 0 Å². The van der Waals surface area contributed by atoms with Gasteiger partial charge in [-0.25, -0.2) is 4.79 Å². The van der Waals surface area contributed by atoms with Crippen LogP contribution in [0.15, 0.2) is 30.3 Å². The number of carbonyl (C=O) groups is 1. The Morgan fingerprint density at radius 3 is 2.71 bits per heavy atom. The van der Waals surface area contributed by atoms with Gasteiger partial charge >= 0.3 is 5.97 Å². The van der Waals surface area contributed by atoms with Crippen LogP contribution in [0.25, 0.3) is 0 Å². The van der Waals surface area contributed by atoms with E-state index in [4.69, 9.17) is 16.3 Å². The maximum absolute atomic E-state index is 11.9. The Labute approximate surface area is 107 Å². The standard InChI is InChI=1S/C13H18ClNO2/c1-2-17-13(16)12(15-10-6-9-14)11-7-4-3-5-8-11/h3-5,7-8,12,15H,2,6,9-10H2,1H3/p+1/t12-/m1/s1. The van der Waals surface area contributed by atoms with Crippen LogP contribution in [0.1, 0.15) is 24.9 Å². The SMILES string of the molecule is CCOC(=O)[C@H]([NH2+]CCCCl)c1ccccc1. The Hall–Kier alpha value is -1.06. The summed E-state index contributed by atoms with van der Waals surface area (Å²) in [7, 11) is 0. The molecule has 2 N–H and O–H groups in total. The van der Waals surface area contributed by atoms with Gasteiger partial charge in [-0.2, -0.15) is 0 Å². The molecule has 0 heterocycles. The molecule has 1 aromatic rings. The number of benzene rings is 1. The first-order chi connectivity index (χ1) is 8.29. The molecule has 0 spiro atoms. The van der Waals surface area contributed by atoms with Crippen LogP contribution < -0.4 is 5.32 Å². The van der Waals surface area contributed by atoms with Gasteiger partial charge in [0, 0.05) is 17.9 Å². The first-order valence-corrected chi connectivity index (χ1v) is 6.44. The Balaban J connectivity index is 2.68. The van der Waals surface area contributed by atoms with Crippen LogP contribution >= 0.6 is 11.6 Å². The highest BCUT2D eigenvalue weighted by Gasteiger charge is 2.24. The second-order valence-corrected chi connectivity index (χ2v) is 4.09. The van der Waals surface area contributed by atoms with Crippen molar-refractivity contribution in [3.05, 3.63) is 35.9 Å². The fraction of sp³-hybridized carbons (Fsp3) is 0.462. The van der Waals surface area contributed by atoms with Gasteiger partial charge < -0.3 is 10.1 Å². The lowest BCUT2D eigenvalue weighted by molar-refractivity contribution is -0.684. The molecule has 1 aromatic carbocycles. The molecule has 0 bridgehead atoms. The minimum Gasteiger partial charge on any atom is -0.461 e. The number of halogens is 1. The summed E-state index contributed by atoms with van der Waals surface area (Å²) in [5.41, 5.74) is 0.973. The minimum atomic E-state index is -0.278. The zero-order chi connectivity index (χ0) is 12.5. The van der Waals surface area contributed by atoms with Crippen LogP contribution in [-0.2, 0) is 9.53 Å². The van der Waals surface area contributed by atoms with E-state index < -0.39 is 0 Å². The van der Waals surface area contributed by atoms with Gasteiger partial charge in [-0.1, -0.05) is 30.3 Å². The molecule has 1 atom stereocenters. The highest BCUT2D eigenvalue weighted by atomic mass is 35.5. The maximum Gasteiger partial charge on any atom is 0.369 e. The van der Waals surface area contributed by atoms with Crippen molar-refractivity contribution in [1.82, 2.24) is 0 Å². The summed E-state index contributed by atoms with van der Waals surface area (Å²) in [5.74, 6) is 0.425. The fourth-order valence-corrected chi connectivity index (χ4v) is 1.78. The van der Waals surface area contributed by atoms with E-state index in [9.17, 15) is 4.79 Å². The topological polar surface area (TPSA) is 42.9 Å². The zero-order valence-electron chi connectivity index (χ0n) is 10.1. The normalized spacial score (nSPS) is 12.1. The number of carbonyl (C=O) groups excluding carboxylic acids is 1. The third-order valence-electron chi connectivity index (χ3n) is 2.44. The van der Waals surface area contributed by atoms with E-state index in [0.29, 0.717) is 12.5 Å². The van der Waals surface area contributed by atoms with E-state index >= 15 is 0 Å². The number of quaternary nitrogens is 1. The predicted octanol–water partition coefficient (Wildman–Crippen LogP) is 1.48. The van der Waals surface area contributed by atoms with Crippen LogP contribution in [0.4, 0.5) is 0 Å². The molecule has 1 rings (SSSR count). The Bertz CT molecular complexity index is 329. The first kappa shape index (κ1) is 14.0. The average molecular weight is 257 g/mol. The lowest BCUT2D eigenvalue weighted by atomic mass is 10.1. The van der Waals surface area contributed by atoms with Gasteiger partial charge in [-0.3, -0.25) is 0 Å². The summed E-state index contributed by atoms with van der Waals surface area (Å²) >= 11 is 5.64. The molecule has 0 aromatic heterocycles. The van der Waals surface area contributed by atoms with Crippen LogP contribution in [-0.4, -0.2) is 25.0 Å². The van der Waals surface area contributed by atoms with Crippen molar-refractivity contribution < 1.29 is 14.8 Å². The third kappa shape index (κ3) is 4.75. The Morgan fingerprint density at radius 1 is 1.41 bits per heavy atom. The van der Waals surface area contributed by atoms with E-state index in [1.165, 1.54) is 0 Å². The van der Waals surface area contributed by atoms with Gasteiger partial charge in [0.25, 0.3) is 0 Å². The van der Waals surface area contributed by atoms with Crippen molar-refractivity contribution in [1.29, 1.82) is 0 Å². The van der Waals surface area contributed by atoms with Crippen LogP contribution in [0.2, 0.25) is 0 Å². The summed E-state index contributed by atoms with van der Waals surface area (Å²) in [5, 5.41) is 1.98. The molecule has 3 nitrogen and oxygen atoms in total. The zero-order valence-corrected chi connectivity index (χ0v) is 10.8. The van der Waals surface area contributed by atoms with Gasteiger partial charge in [0.05, 0.1) is 13.2 Å². The summed E-state index contributed by atoms with van der Waals surface area (Å²) in [6.07, 6.45) is 0.879. The molecular formula is C13H19ClNO2+. The summed E-state index contributed by atoms with van der Waals surface area (Å²) in [6, 6.07) is 9.40. The number of rotatable bonds is 7. The molecule has 0 unspecified atom stereocenters. The number of ether oxygens (including phenoxy) is 1. The van der Waals surface area contributed by atoms with Crippen molar-refractivity contribution in [3.63, 3.8) is 0 Å². The van der Waals surface area contributed by atoms with Crippen molar-refractivity contribution >= 4 is 17.6 Å². The first-order valence-electron chi connectivity index (χ1n) is 5.90. The summed E-state index contributed by atoms with van der Waals surface area (Å²) in [6.45, 7) is 3.05. The third-order valence-corrected chi connectivity index (χ3v) is 2.71. The van der Waals surface area contributed by atoms with Crippen molar-refractivity contribution in [2.45, 2.75) is 19.4 Å². The molecule has 0 saturated heterocycles. The van der Waals surface area contributed by atoms with Crippen molar-refractivity contribution in [2.24, 2.45) is 0 Å². The molecule has 17 heavy (non-hydrogen) atoms. The average Bonchev–Trinajstić information content (AvgIpc) is 2.36. The fourth-order valence-electron chi connectivity index (χ4n) is 1.62. The summed E-state index contributed by atoms with van der Waals surface area (Å²) in [4.78, 5) is 11.9. The quantitative estimate of drug-likeness (QED) is 0.456. The number of hydrogen-bond donors (Lipinski definition) is 1. The second kappa shape index (κ2) is 8.09. The number of nitrogens with two attached hydrogens (primary N) is 1. The summed E-state index contributed by atoms with van der Waals surface area (Å²) < 4.78 is 5.09. The molecule has 0 aliphatic heterocycles. The molecule has 0 fully saturated rings. The lowest BCUT2D eigenvalue weighted by Crippen LogP contribution is -2.87. The van der Waals surface area contributed by atoms with Crippen molar-refractivity contribution in [2.75, 3.05) is 19.0 Å². The van der Waals surface area contributed by atoms with E-state index in [0.717, 1.165) is 18.5 Å². The van der Waals surface area contributed by atoms with Crippen LogP contribution in [0.3, 0.4) is 0 Å². The Kier molecular flexibility index (Phi) is 6.67. The highest BCUT2D eigenvalue weighted by Crippen LogP contribution is 2.09. The van der Waals surface area contributed by atoms with Crippen LogP contribution in [0, 0.1) is 0 Å². The molecular weight excluding hydrogens is 238 g/mol. The molecule has 94 valence electrons. The molecule has 0 aliphatic rings. The second-order valence-electron chi connectivity index (χ2n) is 3.71. The van der Waals surface area contributed by atoms with E-state index in [-0.39, 0.29) is 12.0 Å². The maximum atomic E-state index is 11.9. The van der Waals surface area contributed by atoms with E-state index in [1.807, 2.05) is 42.6 Å². The largest absolute Gasteiger partial charge is 0.461 e. The van der Waals surface area contributed by atoms with Gasteiger partial charge in [0.15, 0.2) is 0 Å². The molecule has 4 heteroatoms. The molecule has 0 radical (unpaired) electrons. The number of hydrogen-bond acceptors (Lipinski definition) is 2. The highest BCUT2D eigenvalue weighted by molar-refractivity contribution is 6.17. The predicted molar refractivity (Wildman–Crippen MR) is 67.9 cm³/mol. The molecule has 0 amide bonds. The van der Waals surface area contributed by atoms with Crippen molar-refractivity contribution in [3.8, 4) is 0 Å². The molecule has 0 saturated carbocycles. The molecule has 0 aliphatic carbocycles. The number of esters is 1. The smallest absolute Gasteiger partial charge is 0.369 e. The monoisotopic (exact) mass is 256 g/mol. The number of alkyl halides is 1. The van der Waals surface area contributed by atoms with Gasteiger partial charge in [-0.05, 0) is 6.92 Å².